The molecular weight excluding hydrogens is 620 g/mol. The number of hydrogen-bond donors (Lipinski definition) is 5. The van der Waals surface area contributed by atoms with Crippen LogP contribution in [0.1, 0.15) is 84.6 Å². The zero-order valence-electron chi connectivity index (χ0n) is 29.1. The van der Waals surface area contributed by atoms with Crippen LogP contribution in [0.4, 0.5) is 0 Å². The molecule has 10 nitrogen and oxygen atoms in total. The molecule has 3 fully saturated rings. The molecule has 8 atom stereocenters. The van der Waals surface area contributed by atoms with Crippen molar-refractivity contribution < 1.29 is 29.4 Å². The van der Waals surface area contributed by atoms with Gasteiger partial charge >= 0.3 is 5.97 Å². The van der Waals surface area contributed by atoms with E-state index in [0.29, 0.717) is 24.2 Å². The van der Waals surface area contributed by atoms with E-state index in [9.17, 15) is 24.6 Å². The lowest BCUT2D eigenvalue weighted by Gasteiger charge is -2.58. The van der Waals surface area contributed by atoms with Gasteiger partial charge in [-0.15, -0.1) is 6.42 Å². The average molecular weight is 671 g/mol. The number of carbonyl (C=O) groups is 3. The normalized spacial score (nSPS) is 32.6. The number of carbonyl (C=O) groups excluding carboxylic acids is 2. The summed E-state index contributed by atoms with van der Waals surface area (Å²) >= 11 is 0. The van der Waals surface area contributed by atoms with Gasteiger partial charge < -0.3 is 30.7 Å². The Morgan fingerprint density at radius 3 is 2.57 bits per heavy atom. The van der Waals surface area contributed by atoms with Gasteiger partial charge in [0.1, 0.15) is 17.7 Å². The number of oxime groups is 1. The molecule has 0 aliphatic heterocycles. The average Bonchev–Trinajstić information content (AvgIpc) is 3.60. The topological polar surface area (TPSA) is 153 Å². The maximum Gasteiger partial charge on any atom is 0.326 e. The van der Waals surface area contributed by atoms with Crippen LogP contribution in [0.2, 0.25) is 0 Å². The van der Waals surface area contributed by atoms with Gasteiger partial charge in [0.2, 0.25) is 5.91 Å². The first-order valence-corrected chi connectivity index (χ1v) is 17.8. The Kier molecular flexibility index (Phi) is 9.44. The van der Waals surface area contributed by atoms with Crippen molar-refractivity contribution in [2.45, 2.75) is 103 Å². The summed E-state index contributed by atoms with van der Waals surface area (Å²) in [5.41, 5.74) is 2.70. The van der Waals surface area contributed by atoms with Crippen LogP contribution in [0.25, 0.3) is 10.9 Å². The third-order valence-corrected chi connectivity index (χ3v) is 12.7. The molecule has 3 saturated carbocycles. The standard InChI is InChI=1S/C39H50N4O6/c1-6-39(48)18-15-30-28-12-11-25-20-26(13-16-37(25,4)29(28)14-17-38(30,39)5)43-49-22-33(44)42-34(23(2)3)35(45)41-32(36(46)47)19-24-21-40-31-10-8-7-9-27(24)31/h1,7-10,20-21,23,28-30,32,34,40,48H,11-19,22H2,2-5H3,(H,41,45)(H,42,44)(H,46,47)/b43-26-/t28-,29+,30+,32-,34-,37+,38+,39-/m1/s1. The number of aliphatic carboxylic acids is 1. The van der Waals surface area contributed by atoms with E-state index in [4.69, 9.17) is 11.3 Å². The molecular formula is C39H50N4O6. The van der Waals surface area contributed by atoms with Crippen molar-refractivity contribution in [2.75, 3.05) is 6.61 Å². The Bertz CT molecular complexity index is 1720. The van der Waals surface area contributed by atoms with E-state index < -0.39 is 35.5 Å². The van der Waals surface area contributed by atoms with Crippen LogP contribution >= 0.6 is 0 Å². The van der Waals surface area contributed by atoms with Crippen LogP contribution in [0.3, 0.4) is 0 Å². The maximum absolute atomic E-state index is 13.2. The molecule has 0 bridgehead atoms. The first-order valence-electron chi connectivity index (χ1n) is 17.8. The van der Waals surface area contributed by atoms with Gasteiger partial charge in [-0.2, -0.15) is 0 Å². The highest BCUT2D eigenvalue weighted by Gasteiger charge is 2.63. The second-order valence-corrected chi connectivity index (χ2v) is 15.6. The highest BCUT2D eigenvalue weighted by atomic mass is 16.6. The van der Waals surface area contributed by atoms with Crippen LogP contribution in [0.5, 0.6) is 0 Å². The fraction of sp³-hybridized carbons (Fsp3) is 0.590. The van der Waals surface area contributed by atoms with Gasteiger partial charge in [0.05, 0.1) is 5.71 Å². The predicted molar refractivity (Wildman–Crippen MR) is 187 cm³/mol. The third-order valence-electron chi connectivity index (χ3n) is 12.7. The van der Waals surface area contributed by atoms with E-state index in [1.54, 1.807) is 20.0 Å². The molecule has 0 radical (unpaired) electrons. The third kappa shape index (κ3) is 6.27. The molecule has 1 aromatic heterocycles. The molecule has 0 spiro atoms. The Labute approximate surface area is 288 Å². The highest BCUT2D eigenvalue weighted by molar-refractivity contribution is 5.96. The fourth-order valence-electron chi connectivity index (χ4n) is 9.80. The summed E-state index contributed by atoms with van der Waals surface area (Å²) < 4.78 is 0. The van der Waals surface area contributed by atoms with E-state index in [0.717, 1.165) is 67.1 Å². The molecule has 4 aliphatic carbocycles. The Morgan fingerprint density at radius 2 is 1.84 bits per heavy atom. The summed E-state index contributed by atoms with van der Waals surface area (Å²) in [4.78, 5) is 46.9. The molecule has 5 N–H and O–H groups in total. The maximum atomic E-state index is 13.2. The lowest BCUT2D eigenvalue weighted by atomic mass is 9.46. The van der Waals surface area contributed by atoms with Gasteiger partial charge in [-0.1, -0.05) is 62.5 Å². The van der Waals surface area contributed by atoms with Crippen molar-refractivity contribution in [3.63, 3.8) is 0 Å². The number of terminal acetylenes is 1. The number of aliphatic hydroxyl groups is 1. The molecule has 0 unspecified atom stereocenters. The van der Waals surface area contributed by atoms with Crippen LogP contribution in [0.15, 0.2) is 47.3 Å². The van der Waals surface area contributed by atoms with Crippen LogP contribution in [-0.2, 0) is 25.6 Å². The lowest BCUT2D eigenvalue weighted by molar-refractivity contribution is -0.142. The van der Waals surface area contributed by atoms with Crippen molar-refractivity contribution in [1.82, 2.24) is 15.6 Å². The summed E-state index contributed by atoms with van der Waals surface area (Å²) in [6.07, 6.45) is 17.3. The molecule has 262 valence electrons. The molecule has 1 heterocycles. The number of H-pyrrole nitrogens is 1. The van der Waals surface area contributed by atoms with Crippen molar-refractivity contribution in [2.24, 2.45) is 39.7 Å². The van der Waals surface area contributed by atoms with Crippen molar-refractivity contribution >= 4 is 34.4 Å². The second-order valence-electron chi connectivity index (χ2n) is 15.6. The summed E-state index contributed by atoms with van der Waals surface area (Å²) in [6, 6.07) is 5.45. The number of fused-ring (bicyclic) bond motifs is 6. The molecule has 1 aromatic carbocycles. The highest BCUT2D eigenvalue weighted by Crippen LogP contribution is 2.67. The number of carboxylic acids is 1. The van der Waals surface area contributed by atoms with Crippen LogP contribution < -0.4 is 10.6 Å². The molecule has 2 amide bonds. The number of rotatable bonds is 10. The fourth-order valence-corrected chi connectivity index (χ4v) is 9.80. The van der Waals surface area contributed by atoms with E-state index in [1.165, 1.54) is 5.57 Å². The first-order chi connectivity index (χ1) is 23.3. The zero-order valence-corrected chi connectivity index (χ0v) is 29.1. The monoisotopic (exact) mass is 670 g/mol. The minimum Gasteiger partial charge on any atom is -0.480 e. The van der Waals surface area contributed by atoms with Crippen LogP contribution in [0, 0.1) is 46.8 Å². The molecule has 10 heteroatoms. The largest absolute Gasteiger partial charge is 0.480 e. The summed E-state index contributed by atoms with van der Waals surface area (Å²) in [5, 5.41) is 31.7. The Hall–Kier alpha value is -4.10. The van der Waals surface area contributed by atoms with Gasteiger partial charge in [-0.25, -0.2) is 4.79 Å². The van der Waals surface area contributed by atoms with Gasteiger partial charge in [-0.05, 0) is 98.2 Å². The second kappa shape index (κ2) is 13.3. The molecule has 49 heavy (non-hydrogen) atoms. The van der Waals surface area contributed by atoms with E-state index in [1.807, 2.05) is 24.3 Å². The summed E-state index contributed by atoms with van der Waals surface area (Å²) in [6.45, 7) is 7.81. The quantitative estimate of drug-likeness (QED) is 0.175. The molecule has 2 aromatic rings. The van der Waals surface area contributed by atoms with Crippen molar-refractivity contribution in [1.29, 1.82) is 0 Å². The molecule has 6 rings (SSSR count). The number of aromatic nitrogens is 1. The van der Waals surface area contributed by atoms with Gasteiger partial charge in [-0.3, -0.25) is 9.59 Å². The summed E-state index contributed by atoms with van der Waals surface area (Å²) in [7, 11) is 0. The number of nitrogens with zero attached hydrogens (tertiary/aromatic N) is 1. The number of carboxylic acid groups (broad SMARTS) is 1. The molecule has 4 aliphatic rings. The lowest BCUT2D eigenvalue weighted by Crippen LogP contribution is -2.54. The van der Waals surface area contributed by atoms with Crippen LogP contribution in [-0.4, -0.2) is 63.0 Å². The number of hydrogen-bond acceptors (Lipinski definition) is 6. The van der Waals surface area contributed by atoms with Crippen molar-refractivity contribution in [3.05, 3.63) is 47.7 Å². The van der Waals surface area contributed by atoms with E-state index in [2.05, 4.69) is 46.6 Å². The SMILES string of the molecule is C#C[C@@]1(O)CC[C@H]2[C@@H]3CCC4=C/C(=N\OCC(=O)N[C@@H](C(=O)N[C@H](Cc5c[nH]c6ccccc56)C(=O)O)C(C)C)CC[C@]4(C)[C@H]3CC[C@@]21C. The Morgan fingerprint density at radius 1 is 1.08 bits per heavy atom. The number of benzene rings is 1. The van der Waals surface area contributed by atoms with Gasteiger partial charge in [0, 0.05) is 28.9 Å². The number of aromatic amines is 1. The van der Waals surface area contributed by atoms with Gasteiger partial charge in [0.25, 0.3) is 5.91 Å². The van der Waals surface area contributed by atoms with E-state index >= 15 is 0 Å². The number of nitrogens with one attached hydrogen (secondary N) is 3. The minimum absolute atomic E-state index is 0.0668. The predicted octanol–water partition coefficient (Wildman–Crippen LogP) is 5.12. The van der Waals surface area contributed by atoms with Crippen molar-refractivity contribution in [3.8, 4) is 12.3 Å². The number of para-hydroxylation sites is 1. The minimum atomic E-state index is -1.17. The Balaban J connectivity index is 1.04. The zero-order chi connectivity index (χ0) is 35.1. The number of allylic oxidation sites excluding steroid dienone is 2. The van der Waals surface area contributed by atoms with Gasteiger partial charge in [0.15, 0.2) is 6.61 Å². The molecule has 0 saturated heterocycles. The number of amides is 2. The first kappa shape index (κ1) is 34.8. The van der Waals surface area contributed by atoms with E-state index in [-0.39, 0.29) is 29.8 Å². The smallest absolute Gasteiger partial charge is 0.326 e. The summed E-state index contributed by atoms with van der Waals surface area (Å²) in [5.74, 6) is 1.76.